The summed E-state index contributed by atoms with van der Waals surface area (Å²) in [6.07, 6.45) is 1.05. The van der Waals surface area contributed by atoms with Gasteiger partial charge in [-0.25, -0.2) is 14.6 Å². The summed E-state index contributed by atoms with van der Waals surface area (Å²) in [6.45, 7) is 7.17. The van der Waals surface area contributed by atoms with E-state index in [0.717, 1.165) is 16.5 Å². The molecule has 2 amide bonds. The predicted octanol–water partition coefficient (Wildman–Crippen LogP) is 2.11. The number of carbonyl (C=O) groups is 4. The minimum atomic E-state index is -1.92. The molecule has 0 spiro atoms. The summed E-state index contributed by atoms with van der Waals surface area (Å²) in [6, 6.07) is 8.69. The number of aromatic nitrogens is 2. The van der Waals surface area contributed by atoms with Crippen LogP contribution in [0.4, 0.5) is 0 Å². The van der Waals surface area contributed by atoms with Crippen molar-refractivity contribution < 1.29 is 28.7 Å². The number of benzene rings is 1. The monoisotopic (exact) mass is 615 g/mol. The lowest BCUT2D eigenvalue weighted by Gasteiger charge is -2.37. The van der Waals surface area contributed by atoms with E-state index in [1.54, 1.807) is 38.3 Å². The van der Waals surface area contributed by atoms with Gasteiger partial charge in [-0.3, -0.25) is 14.4 Å². The van der Waals surface area contributed by atoms with Gasteiger partial charge in [-0.15, -0.1) is 0 Å². The van der Waals surface area contributed by atoms with E-state index in [2.05, 4.69) is 5.32 Å². The van der Waals surface area contributed by atoms with Crippen LogP contribution in [0, 0.1) is 5.92 Å². The first-order valence-electron chi connectivity index (χ1n) is 15.4. The van der Waals surface area contributed by atoms with Crippen molar-refractivity contribution in [2.75, 3.05) is 6.54 Å². The maximum Gasteiger partial charge on any atom is 0.355 e. The Labute approximate surface area is 259 Å². The van der Waals surface area contributed by atoms with Crippen LogP contribution in [-0.4, -0.2) is 62.9 Å². The average Bonchev–Trinajstić information content (AvgIpc) is 3.65. The third kappa shape index (κ3) is 4.97. The van der Waals surface area contributed by atoms with Crippen LogP contribution in [0.15, 0.2) is 41.2 Å². The molecule has 0 radical (unpaired) electrons. The molecule has 1 aromatic carbocycles. The van der Waals surface area contributed by atoms with E-state index in [-0.39, 0.29) is 35.6 Å². The minimum absolute atomic E-state index is 0.0104. The Balaban J connectivity index is 1.34. The maximum absolute atomic E-state index is 13.9. The Morgan fingerprint density at radius 1 is 1.18 bits per heavy atom. The quantitative estimate of drug-likeness (QED) is 0.297. The topological polar surface area (TPSA) is 163 Å². The number of hydrogen-bond donors (Lipinski definition) is 2. The van der Waals surface area contributed by atoms with Gasteiger partial charge in [-0.05, 0) is 50.3 Å². The number of fused-ring (bicyclic) bond motifs is 5. The fourth-order valence-electron chi connectivity index (χ4n) is 6.63. The number of amides is 2. The SMILES string of the molecule is CC[C@@]1(OC(=O)[C@@H](NC(=O)[C@@H]2CCCN2C(=O)[C@H](C)N)C(C)C)C(=O)OCc2c1cc1n(c2=O)Cc2cc3ccccc3nc2-1. The van der Waals surface area contributed by atoms with Crippen molar-refractivity contribution in [3.05, 3.63) is 63.4 Å². The van der Waals surface area contributed by atoms with Gasteiger partial charge in [0.2, 0.25) is 17.4 Å². The number of likely N-dealkylation sites (tertiary alicyclic amines) is 1. The lowest BCUT2D eigenvalue weighted by molar-refractivity contribution is -0.191. The molecule has 1 saturated heterocycles. The molecule has 12 heteroatoms. The standard InChI is InChI=1S/C33H37N5O7/c1-5-33(45-31(42)26(17(2)3)36-28(39)24-11-8-12-37(24)29(40)18(4)34)22-14-25-27-20(13-19-9-6-7-10-23(19)35-27)15-38(25)30(41)21(22)16-44-32(33)43/h6-7,9-10,13-14,17-18,24,26H,5,8,11-12,15-16,34H2,1-4H3,(H,36,39)/t18-,24-,26-,33-/m0/s1. The van der Waals surface area contributed by atoms with Gasteiger partial charge in [-0.2, -0.15) is 0 Å². The number of nitrogens with one attached hydrogen (secondary N) is 1. The van der Waals surface area contributed by atoms with Crippen LogP contribution in [0.1, 0.15) is 63.6 Å². The molecule has 236 valence electrons. The average molecular weight is 616 g/mol. The van der Waals surface area contributed by atoms with Crippen molar-refractivity contribution in [1.82, 2.24) is 19.8 Å². The number of nitrogens with two attached hydrogens (primary N) is 1. The molecule has 12 nitrogen and oxygen atoms in total. The summed E-state index contributed by atoms with van der Waals surface area (Å²) in [5.41, 5.74) is 6.79. The predicted molar refractivity (Wildman–Crippen MR) is 164 cm³/mol. The van der Waals surface area contributed by atoms with Crippen LogP contribution in [0.5, 0.6) is 0 Å². The number of nitrogens with zero attached hydrogens (tertiary/aromatic N) is 3. The van der Waals surface area contributed by atoms with Crippen LogP contribution in [0.2, 0.25) is 0 Å². The molecule has 6 rings (SSSR count). The molecule has 0 saturated carbocycles. The van der Waals surface area contributed by atoms with Gasteiger partial charge in [-0.1, -0.05) is 39.0 Å². The Morgan fingerprint density at radius 2 is 1.93 bits per heavy atom. The Kier molecular flexibility index (Phi) is 7.72. The zero-order chi connectivity index (χ0) is 32.2. The third-order valence-electron chi connectivity index (χ3n) is 9.11. The molecular weight excluding hydrogens is 578 g/mol. The lowest BCUT2D eigenvalue weighted by Crippen LogP contribution is -2.56. The van der Waals surface area contributed by atoms with Gasteiger partial charge in [0.15, 0.2) is 0 Å². The van der Waals surface area contributed by atoms with E-state index in [1.807, 2.05) is 30.3 Å². The van der Waals surface area contributed by atoms with Gasteiger partial charge in [0, 0.05) is 23.1 Å². The fraction of sp³-hybridized carbons (Fsp3) is 0.455. The van der Waals surface area contributed by atoms with E-state index in [0.29, 0.717) is 37.3 Å². The van der Waals surface area contributed by atoms with Crippen molar-refractivity contribution >= 4 is 34.7 Å². The highest BCUT2D eigenvalue weighted by Gasteiger charge is 2.51. The van der Waals surface area contributed by atoms with E-state index < -0.39 is 47.5 Å². The van der Waals surface area contributed by atoms with Gasteiger partial charge in [0.05, 0.1) is 35.1 Å². The molecular formula is C33H37N5O7. The Bertz CT molecular complexity index is 1800. The summed E-state index contributed by atoms with van der Waals surface area (Å²) in [5.74, 6) is -2.91. The summed E-state index contributed by atoms with van der Waals surface area (Å²) >= 11 is 0. The first-order chi connectivity index (χ1) is 21.5. The Hall–Kier alpha value is -4.58. The van der Waals surface area contributed by atoms with Crippen molar-refractivity contribution in [1.29, 1.82) is 0 Å². The molecule has 0 bridgehead atoms. The number of cyclic esters (lactones) is 1. The zero-order valence-corrected chi connectivity index (χ0v) is 25.8. The fourth-order valence-corrected chi connectivity index (χ4v) is 6.63. The first kappa shape index (κ1) is 30.4. The van der Waals surface area contributed by atoms with Crippen molar-refractivity contribution in [2.24, 2.45) is 11.7 Å². The van der Waals surface area contributed by atoms with Gasteiger partial charge in [0.1, 0.15) is 18.7 Å². The minimum Gasteiger partial charge on any atom is -0.457 e. The summed E-state index contributed by atoms with van der Waals surface area (Å²) in [5, 5.41) is 3.70. The largest absolute Gasteiger partial charge is 0.457 e. The number of carbonyl (C=O) groups excluding carboxylic acids is 4. The molecule has 2 aromatic heterocycles. The lowest BCUT2D eigenvalue weighted by atomic mass is 9.85. The molecule has 4 atom stereocenters. The highest BCUT2D eigenvalue weighted by Crippen LogP contribution is 2.41. The molecule has 0 unspecified atom stereocenters. The molecule has 3 aliphatic rings. The molecule has 45 heavy (non-hydrogen) atoms. The summed E-state index contributed by atoms with van der Waals surface area (Å²) < 4.78 is 13.1. The van der Waals surface area contributed by atoms with Crippen LogP contribution < -0.4 is 16.6 Å². The normalized spacial score (nSPS) is 21.5. The summed E-state index contributed by atoms with van der Waals surface area (Å²) in [4.78, 5) is 73.5. The second-order valence-corrected chi connectivity index (χ2v) is 12.4. The van der Waals surface area contributed by atoms with Crippen molar-refractivity contribution in [3.63, 3.8) is 0 Å². The molecule has 0 aliphatic carbocycles. The number of rotatable bonds is 7. The van der Waals surface area contributed by atoms with Gasteiger partial charge >= 0.3 is 11.9 Å². The molecule has 3 N–H and O–H groups in total. The van der Waals surface area contributed by atoms with E-state index in [1.165, 1.54) is 4.90 Å². The van der Waals surface area contributed by atoms with Gasteiger partial charge in [0.25, 0.3) is 5.56 Å². The van der Waals surface area contributed by atoms with E-state index >= 15 is 0 Å². The Morgan fingerprint density at radius 3 is 2.64 bits per heavy atom. The number of ether oxygens (including phenoxy) is 2. The third-order valence-corrected chi connectivity index (χ3v) is 9.11. The van der Waals surface area contributed by atoms with Crippen LogP contribution >= 0.6 is 0 Å². The number of pyridine rings is 2. The molecule has 1 fully saturated rings. The zero-order valence-electron chi connectivity index (χ0n) is 25.8. The highest BCUT2D eigenvalue weighted by atomic mass is 16.6. The highest BCUT2D eigenvalue weighted by molar-refractivity contribution is 5.94. The van der Waals surface area contributed by atoms with Crippen molar-refractivity contribution in [2.45, 2.75) is 83.8 Å². The van der Waals surface area contributed by atoms with Crippen LogP contribution in [-0.2, 0) is 47.4 Å². The first-order valence-corrected chi connectivity index (χ1v) is 15.4. The maximum atomic E-state index is 13.9. The summed E-state index contributed by atoms with van der Waals surface area (Å²) in [7, 11) is 0. The van der Waals surface area contributed by atoms with Crippen LogP contribution in [0.25, 0.3) is 22.3 Å². The number of hydrogen-bond acceptors (Lipinski definition) is 9. The molecule has 3 aliphatic heterocycles. The van der Waals surface area contributed by atoms with Crippen molar-refractivity contribution in [3.8, 4) is 11.4 Å². The van der Waals surface area contributed by atoms with E-state index in [9.17, 15) is 24.0 Å². The smallest absolute Gasteiger partial charge is 0.355 e. The molecule has 5 heterocycles. The molecule has 3 aromatic rings. The van der Waals surface area contributed by atoms with E-state index in [4.69, 9.17) is 20.2 Å². The number of para-hydroxylation sites is 1. The second-order valence-electron chi connectivity index (χ2n) is 12.4. The van der Waals surface area contributed by atoms with Gasteiger partial charge < -0.3 is 30.0 Å². The van der Waals surface area contributed by atoms with Crippen LogP contribution in [0.3, 0.4) is 0 Å². The second kappa shape index (κ2) is 11.4. The number of esters is 2.